The second kappa shape index (κ2) is 7.85. The van der Waals surface area contributed by atoms with E-state index < -0.39 is 0 Å². The smallest absolute Gasteiger partial charge is 0.221 e. The topological polar surface area (TPSA) is 44.4 Å². The van der Waals surface area contributed by atoms with Crippen molar-refractivity contribution in [2.75, 3.05) is 32.7 Å². The molecule has 0 aromatic carbocycles. The van der Waals surface area contributed by atoms with E-state index in [1.165, 1.54) is 38.6 Å². The Morgan fingerprint density at radius 3 is 2.58 bits per heavy atom. The van der Waals surface area contributed by atoms with Gasteiger partial charge in [-0.3, -0.25) is 4.79 Å². The summed E-state index contributed by atoms with van der Waals surface area (Å²) in [4.78, 5) is 14.1. The van der Waals surface area contributed by atoms with Crippen molar-refractivity contribution < 1.29 is 4.79 Å². The zero-order valence-electron chi connectivity index (χ0n) is 12.3. The molecule has 1 aliphatic carbocycles. The first-order valence-electron chi connectivity index (χ1n) is 8.00. The fourth-order valence-corrected chi connectivity index (χ4v) is 2.68. The predicted octanol–water partition coefficient (Wildman–Crippen LogP) is 1.37. The molecular weight excluding hydrogens is 238 g/mol. The van der Waals surface area contributed by atoms with E-state index >= 15 is 0 Å². The van der Waals surface area contributed by atoms with Crippen LogP contribution >= 0.6 is 0 Å². The van der Waals surface area contributed by atoms with Gasteiger partial charge in [-0.25, -0.2) is 0 Å². The number of amides is 1. The van der Waals surface area contributed by atoms with E-state index in [2.05, 4.69) is 22.5 Å². The number of hydrogen-bond acceptors (Lipinski definition) is 3. The highest BCUT2D eigenvalue weighted by Gasteiger charge is 2.24. The van der Waals surface area contributed by atoms with Gasteiger partial charge in [-0.15, -0.1) is 0 Å². The molecule has 19 heavy (non-hydrogen) atoms. The van der Waals surface area contributed by atoms with Crippen molar-refractivity contribution in [1.82, 2.24) is 15.5 Å². The third-order valence-corrected chi connectivity index (χ3v) is 4.16. The van der Waals surface area contributed by atoms with Gasteiger partial charge in [0.2, 0.25) is 5.91 Å². The molecule has 0 radical (unpaired) electrons. The molecule has 0 spiro atoms. The molecule has 4 heteroatoms. The summed E-state index contributed by atoms with van der Waals surface area (Å²) in [5.41, 5.74) is 0. The summed E-state index contributed by atoms with van der Waals surface area (Å²) < 4.78 is 0. The average molecular weight is 267 g/mol. The van der Waals surface area contributed by atoms with Crippen molar-refractivity contribution in [2.24, 2.45) is 5.92 Å². The Hall–Kier alpha value is -0.610. The first-order chi connectivity index (χ1) is 9.28. The molecule has 1 heterocycles. The Labute approximate surface area is 117 Å². The van der Waals surface area contributed by atoms with Gasteiger partial charge in [0, 0.05) is 19.0 Å². The molecule has 0 bridgehead atoms. The van der Waals surface area contributed by atoms with E-state index in [0.29, 0.717) is 12.5 Å². The summed E-state index contributed by atoms with van der Waals surface area (Å²) in [6.45, 7) is 7.78. The van der Waals surface area contributed by atoms with Gasteiger partial charge >= 0.3 is 0 Å². The molecule has 1 saturated carbocycles. The summed E-state index contributed by atoms with van der Waals surface area (Å²) in [5.74, 6) is 1.08. The third kappa shape index (κ3) is 5.91. The quantitative estimate of drug-likeness (QED) is 0.653. The second-order valence-corrected chi connectivity index (χ2v) is 6.08. The zero-order valence-corrected chi connectivity index (χ0v) is 12.3. The van der Waals surface area contributed by atoms with Gasteiger partial charge in [-0.1, -0.05) is 6.92 Å². The molecule has 1 saturated heterocycles. The largest absolute Gasteiger partial charge is 0.353 e. The van der Waals surface area contributed by atoms with Crippen LogP contribution in [-0.4, -0.2) is 49.6 Å². The van der Waals surface area contributed by atoms with Gasteiger partial charge in [0.25, 0.3) is 0 Å². The maximum Gasteiger partial charge on any atom is 0.221 e. The number of hydrogen-bond donors (Lipinski definition) is 2. The first-order valence-corrected chi connectivity index (χ1v) is 8.00. The highest BCUT2D eigenvalue weighted by Crippen LogP contribution is 2.19. The number of carbonyl (C=O) groups excluding carboxylic acids is 1. The molecule has 2 rings (SSSR count). The number of piperidine rings is 1. The van der Waals surface area contributed by atoms with Crippen molar-refractivity contribution in [2.45, 2.75) is 51.5 Å². The summed E-state index contributed by atoms with van der Waals surface area (Å²) in [6.07, 6.45) is 6.82. The number of carbonyl (C=O) groups is 1. The van der Waals surface area contributed by atoms with Gasteiger partial charge in [0.05, 0.1) is 0 Å². The van der Waals surface area contributed by atoms with Crippen molar-refractivity contribution in [3.63, 3.8) is 0 Å². The number of nitrogens with zero attached hydrogens (tertiary/aromatic N) is 1. The molecule has 2 N–H and O–H groups in total. The molecule has 0 aromatic rings. The lowest BCUT2D eigenvalue weighted by Gasteiger charge is -2.31. The van der Waals surface area contributed by atoms with Crippen LogP contribution in [0.4, 0.5) is 0 Å². The fourth-order valence-electron chi connectivity index (χ4n) is 2.68. The summed E-state index contributed by atoms with van der Waals surface area (Å²) in [6, 6.07) is 0.503. The minimum Gasteiger partial charge on any atom is -0.353 e. The van der Waals surface area contributed by atoms with E-state index in [1.54, 1.807) is 0 Å². The maximum atomic E-state index is 11.6. The number of nitrogens with one attached hydrogen (secondary N) is 2. The highest BCUT2D eigenvalue weighted by molar-refractivity contribution is 5.76. The number of rotatable bonds is 8. The van der Waals surface area contributed by atoms with Gasteiger partial charge in [-0.05, 0) is 64.2 Å². The van der Waals surface area contributed by atoms with Crippen molar-refractivity contribution >= 4 is 5.91 Å². The molecule has 2 aliphatic rings. The Bertz CT molecular complexity index is 271. The maximum absolute atomic E-state index is 11.6. The van der Waals surface area contributed by atoms with E-state index in [4.69, 9.17) is 0 Å². The lowest BCUT2D eigenvalue weighted by molar-refractivity contribution is -0.121. The molecule has 2 fully saturated rings. The number of likely N-dealkylation sites (tertiary alicyclic amines) is 1. The molecular formula is C15H29N3O. The van der Waals surface area contributed by atoms with Gasteiger partial charge in [0.15, 0.2) is 0 Å². The third-order valence-electron chi connectivity index (χ3n) is 4.16. The van der Waals surface area contributed by atoms with Crippen molar-refractivity contribution in [3.8, 4) is 0 Å². The summed E-state index contributed by atoms with van der Waals surface area (Å²) in [7, 11) is 0. The van der Waals surface area contributed by atoms with E-state index in [0.717, 1.165) is 32.1 Å². The van der Waals surface area contributed by atoms with Gasteiger partial charge in [0.1, 0.15) is 0 Å². The summed E-state index contributed by atoms with van der Waals surface area (Å²) >= 11 is 0. The Morgan fingerprint density at radius 2 is 1.95 bits per heavy atom. The van der Waals surface area contributed by atoms with Crippen molar-refractivity contribution in [1.29, 1.82) is 0 Å². The van der Waals surface area contributed by atoms with Crippen LogP contribution in [0.5, 0.6) is 0 Å². The van der Waals surface area contributed by atoms with E-state index in [-0.39, 0.29) is 5.91 Å². The molecule has 1 amide bonds. The lowest BCUT2D eigenvalue weighted by Crippen LogP contribution is -2.39. The van der Waals surface area contributed by atoms with E-state index in [1.807, 2.05) is 0 Å². The highest BCUT2D eigenvalue weighted by atomic mass is 16.1. The molecule has 0 atom stereocenters. The Kier molecular flexibility index (Phi) is 6.11. The minimum atomic E-state index is 0.245. The molecule has 4 nitrogen and oxygen atoms in total. The van der Waals surface area contributed by atoms with Crippen LogP contribution in [-0.2, 0) is 4.79 Å². The van der Waals surface area contributed by atoms with Crippen LogP contribution in [0.1, 0.15) is 45.4 Å². The van der Waals surface area contributed by atoms with E-state index in [9.17, 15) is 4.79 Å². The Morgan fingerprint density at radius 1 is 1.21 bits per heavy atom. The predicted molar refractivity (Wildman–Crippen MR) is 78.1 cm³/mol. The van der Waals surface area contributed by atoms with Gasteiger partial charge in [-0.2, -0.15) is 0 Å². The lowest BCUT2D eigenvalue weighted by atomic mass is 9.96. The molecule has 0 aromatic heterocycles. The molecule has 110 valence electrons. The monoisotopic (exact) mass is 267 g/mol. The van der Waals surface area contributed by atoms with Crippen LogP contribution in [0.25, 0.3) is 0 Å². The van der Waals surface area contributed by atoms with Crippen molar-refractivity contribution in [3.05, 3.63) is 0 Å². The zero-order chi connectivity index (χ0) is 13.5. The SMILES string of the molecule is CCCNCC1CCN(CCC(=O)NC2CC2)CC1. The van der Waals surface area contributed by atoms with Crippen LogP contribution in [0, 0.1) is 5.92 Å². The van der Waals surface area contributed by atoms with Crippen LogP contribution in [0.15, 0.2) is 0 Å². The van der Waals surface area contributed by atoms with Gasteiger partial charge < -0.3 is 15.5 Å². The second-order valence-electron chi connectivity index (χ2n) is 6.08. The fraction of sp³-hybridized carbons (Fsp3) is 0.933. The molecule has 1 aliphatic heterocycles. The average Bonchev–Trinajstić information content (AvgIpc) is 3.22. The normalized spacial score (nSPS) is 21.5. The van der Waals surface area contributed by atoms with Crippen LogP contribution < -0.4 is 10.6 Å². The van der Waals surface area contributed by atoms with Crippen LogP contribution in [0.3, 0.4) is 0 Å². The summed E-state index contributed by atoms with van der Waals surface area (Å²) in [5, 5.41) is 6.58. The van der Waals surface area contributed by atoms with Crippen LogP contribution in [0.2, 0.25) is 0 Å². The minimum absolute atomic E-state index is 0.245. The molecule has 0 unspecified atom stereocenters. The first kappa shape index (κ1) is 14.8. The Balaban J connectivity index is 1.51. The standard InChI is InChI=1S/C15H29N3O/c1-2-8-16-12-13-5-9-18(10-6-13)11-7-15(19)17-14-3-4-14/h13-14,16H,2-12H2,1H3,(H,17,19).